The van der Waals surface area contributed by atoms with Crippen molar-refractivity contribution in [1.29, 1.82) is 0 Å². The Morgan fingerprint density at radius 3 is 2.19 bits per heavy atom. The summed E-state index contributed by atoms with van der Waals surface area (Å²) in [6.07, 6.45) is 0. The van der Waals surface area contributed by atoms with Crippen LogP contribution in [0, 0.1) is 0 Å². The second-order valence-electron chi connectivity index (χ2n) is 4.34. The van der Waals surface area contributed by atoms with Gasteiger partial charge < -0.3 is 10.4 Å². The fraction of sp³-hybridized carbons (Fsp3) is 0.462. The highest BCUT2D eigenvalue weighted by atomic mass is 16.4. The Balaban J connectivity index is 2.83. The molecule has 0 radical (unpaired) electrons. The molecule has 0 bridgehead atoms. The van der Waals surface area contributed by atoms with Crippen LogP contribution in [0.3, 0.4) is 0 Å². The zero-order valence-corrected chi connectivity index (χ0v) is 9.97. The molecule has 0 aliphatic carbocycles. The smallest absolute Gasteiger partial charge is 0.321 e. The van der Waals surface area contributed by atoms with Gasteiger partial charge in [-0.1, -0.05) is 51.1 Å². The van der Waals surface area contributed by atoms with Crippen LogP contribution in [-0.4, -0.2) is 23.2 Å². The SMILES string of the molecule is CC(C)NC(C(=O)O)C(C)c1ccccc1. The van der Waals surface area contributed by atoms with Gasteiger partial charge in [0.2, 0.25) is 0 Å². The lowest BCUT2D eigenvalue weighted by atomic mass is 9.93. The van der Waals surface area contributed by atoms with E-state index in [1.807, 2.05) is 51.1 Å². The van der Waals surface area contributed by atoms with E-state index in [1.165, 1.54) is 0 Å². The Kier molecular flexibility index (Phi) is 4.50. The summed E-state index contributed by atoms with van der Waals surface area (Å²) in [4.78, 5) is 11.2. The van der Waals surface area contributed by atoms with Gasteiger partial charge in [-0.25, -0.2) is 0 Å². The summed E-state index contributed by atoms with van der Waals surface area (Å²) in [5, 5.41) is 12.3. The number of rotatable bonds is 5. The molecule has 0 spiro atoms. The summed E-state index contributed by atoms with van der Waals surface area (Å²) in [5.41, 5.74) is 1.04. The molecule has 16 heavy (non-hydrogen) atoms. The van der Waals surface area contributed by atoms with E-state index in [-0.39, 0.29) is 12.0 Å². The lowest BCUT2D eigenvalue weighted by Crippen LogP contribution is -2.44. The van der Waals surface area contributed by atoms with E-state index in [4.69, 9.17) is 0 Å². The Morgan fingerprint density at radius 1 is 1.19 bits per heavy atom. The zero-order valence-electron chi connectivity index (χ0n) is 9.97. The first-order valence-electron chi connectivity index (χ1n) is 5.56. The van der Waals surface area contributed by atoms with Crippen molar-refractivity contribution in [3.63, 3.8) is 0 Å². The molecule has 1 rings (SSSR count). The Morgan fingerprint density at radius 2 is 1.75 bits per heavy atom. The minimum absolute atomic E-state index is 0.0406. The third-order valence-corrected chi connectivity index (χ3v) is 2.60. The Labute approximate surface area is 96.5 Å². The number of carboxylic acids is 1. The van der Waals surface area contributed by atoms with Gasteiger partial charge in [0, 0.05) is 12.0 Å². The van der Waals surface area contributed by atoms with Gasteiger partial charge in [0.05, 0.1) is 0 Å². The molecule has 0 aliphatic rings. The van der Waals surface area contributed by atoms with E-state index in [9.17, 15) is 9.90 Å². The van der Waals surface area contributed by atoms with Gasteiger partial charge in [0.25, 0.3) is 0 Å². The molecule has 1 aromatic carbocycles. The molecule has 88 valence electrons. The highest BCUT2D eigenvalue weighted by Gasteiger charge is 2.25. The monoisotopic (exact) mass is 221 g/mol. The maximum absolute atomic E-state index is 11.2. The Hall–Kier alpha value is -1.35. The number of carboxylic acid groups (broad SMARTS) is 1. The minimum Gasteiger partial charge on any atom is -0.480 e. The molecule has 0 aliphatic heterocycles. The van der Waals surface area contributed by atoms with Crippen molar-refractivity contribution in [3.8, 4) is 0 Å². The maximum atomic E-state index is 11.2. The van der Waals surface area contributed by atoms with Crippen LogP contribution < -0.4 is 5.32 Å². The van der Waals surface area contributed by atoms with Crippen LogP contribution in [0.15, 0.2) is 30.3 Å². The molecule has 0 heterocycles. The topological polar surface area (TPSA) is 49.3 Å². The molecule has 2 unspecified atom stereocenters. The van der Waals surface area contributed by atoms with Crippen molar-refractivity contribution in [1.82, 2.24) is 5.32 Å². The van der Waals surface area contributed by atoms with E-state index in [1.54, 1.807) is 0 Å². The minimum atomic E-state index is -0.801. The van der Waals surface area contributed by atoms with Gasteiger partial charge in [-0.3, -0.25) is 4.79 Å². The molecule has 2 N–H and O–H groups in total. The van der Waals surface area contributed by atoms with Gasteiger partial charge in [-0.15, -0.1) is 0 Å². The molecule has 0 saturated heterocycles. The lowest BCUT2D eigenvalue weighted by molar-refractivity contribution is -0.140. The second-order valence-corrected chi connectivity index (χ2v) is 4.34. The summed E-state index contributed by atoms with van der Waals surface area (Å²) >= 11 is 0. The fourth-order valence-corrected chi connectivity index (χ4v) is 1.74. The molecule has 0 saturated carbocycles. The average molecular weight is 221 g/mol. The maximum Gasteiger partial charge on any atom is 0.321 e. The predicted molar refractivity (Wildman–Crippen MR) is 64.6 cm³/mol. The number of nitrogens with one attached hydrogen (secondary N) is 1. The van der Waals surface area contributed by atoms with E-state index >= 15 is 0 Å². The van der Waals surface area contributed by atoms with Crippen molar-refractivity contribution >= 4 is 5.97 Å². The standard InChI is InChI=1S/C13H19NO2/c1-9(2)14-12(13(15)16)10(3)11-7-5-4-6-8-11/h4-10,12,14H,1-3H3,(H,15,16). The van der Waals surface area contributed by atoms with Crippen LogP contribution in [-0.2, 0) is 4.79 Å². The van der Waals surface area contributed by atoms with Crippen LogP contribution in [0.2, 0.25) is 0 Å². The van der Waals surface area contributed by atoms with Crippen molar-refractivity contribution in [2.45, 2.75) is 38.8 Å². The summed E-state index contributed by atoms with van der Waals surface area (Å²) < 4.78 is 0. The molecule has 2 atom stereocenters. The first kappa shape index (κ1) is 12.7. The number of hydrogen-bond acceptors (Lipinski definition) is 2. The quantitative estimate of drug-likeness (QED) is 0.801. The van der Waals surface area contributed by atoms with E-state index < -0.39 is 12.0 Å². The van der Waals surface area contributed by atoms with Gasteiger partial charge >= 0.3 is 5.97 Å². The highest BCUT2D eigenvalue weighted by molar-refractivity contribution is 5.75. The highest BCUT2D eigenvalue weighted by Crippen LogP contribution is 2.19. The number of carbonyl (C=O) groups is 1. The van der Waals surface area contributed by atoms with Crippen LogP contribution in [0.4, 0.5) is 0 Å². The first-order valence-corrected chi connectivity index (χ1v) is 5.56. The number of benzene rings is 1. The number of aliphatic carboxylic acids is 1. The number of hydrogen-bond donors (Lipinski definition) is 2. The summed E-state index contributed by atoms with van der Waals surface area (Å²) in [6, 6.07) is 9.34. The van der Waals surface area contributed by atoms with Crippen molar-refractivity contribution < 1.29 is 9.90 Å². The van der Waals surface area contributed by atoms with Gasteiger partial charge in [0.1, 0.15) is 6.04 Å². The molecule has 3 heteroatoms. The Bertz CT molecular complexity index is 335. The molecular weight excluding hydrogens is 202 g/mol. The van der Waals surface area contributed by atoms with E-state index in [0.717, 1.165) is 5.56 Å². The average Bonchev–Trinajstić information content (AvgIpc) is 2.25. The molecule has 0 aromatic heterocycles. The summed E-state index contributed by atoms with van der Waals surface area (Å²) in [5.74, 6) is -0.842. The third-order valence-electron chi connectivity index (χ3n) is 2.60. The largest absolute Gasteiger partial charge is 0.480 e. The zero-order chi connectivity index (χ0) is 12.1. The van der Waals surface area contributed by atoms with Gasteiger partial charge in [-0.05, 0) is 5.56 Å². The molecule has 3 nitrogen and oxygen atoms in total. The third kappa shape index (κ3) is 3.35. The van der Waals surface area contributed by atoms with Crippen molar-refractivity contribution in [2.24, 2.45) is 0 Å². The first-order chi connectivity index (χ1) is 7.52. The fourth-order valence-electron chi connectivity index (χ4n) is 1.74. The van der Waals surface area contributed by atoms with Crippen LogP contribution in [0.1, 0.15) is 32.3 Å². The second kappa shape index (κ2) is 5.66. The molecule has 0 fully saturated rings. The normalized spacial score (nSPS) is 14.8. The van der Waals surface area contributed by atoms with Crippen LogP contribution in [0.25, 0.3) is 0 Å². The van der Waals surface area contributed by atoms with Crippen LogP contribution in [0.5, 0.6) is 0 Å². The van der Waals surface area contributed by atoms with Gasteiger partial charge in [0.15, 0.2) is 0 Å². The lowest BCUT2D eigenvalue weighted by Gasteiger charge is -2.23. The van der Waals surface area contributed by atoms with Gasteiger partial charge in [-0.2, -0.15) is 0 Å². The molecule has 0 amide bonds. The van der Waals surface area contributed by atoms with E-state index in [0.29, 0.717) is 0 Å². The molecule has 1 aromatic rings. The summed E-state index contributed by atoms with van der Waals surface area (Å²) in [6.45, 7) is 5.84. The van der Waals surface area contributed by atoms with Crippen molar-refractivity contribution in [2.75, 3.05) is 0 Å². The predicted octanol–water partition coefficient (Wildman–Crippen LogP) is 2.24. The molecular formula is C13H19NO2. The van der Waals surface area contributed by atoms with Crippen molar-refractivity contribution in [3.05, 3.63) is 35.9 Å². The van der Waals surface area contributed by atoms with E-state index in [2.05, 4.69) is 5.32 Å². The van der Waals surface area contributed by atoms with Crippen LogP contribution >= 0.6 is 0 Å². The summed E-state index contributed by atoms with van der Waals surface area (Å²) in [7, 11) is 0.